The lowest BCUT2D eigenvalue weighted by Gasteiger charge is -2.36. The van der Waals surface area contributed by atoms with Crippen molar-refractivity contribution in [1.29, 1.82) is 0 Å². The number of carbonyl (C=O) groups excluding carboxylic acids is 1. The average molecular weight is 340 g/mol. The third-order valence-electron chi connectivity index (χ3n) is 4.50. The van der Waals surface area contributed by atoms with Crippen molar-refractivity contribution in [3.05, 3.63) is 59.7 Å². The van der Waals surface area contributed by atoms with E-state index < -0.39 is 0 Å². The molecule has 3 rings (SSSR count). The first-order valence-electron chi connectivity index (χ1n) is 8.48. The van der Waals surface area contributed by atoms with Gasteiger partial charge in [0.15, 0.2) is 0 Å². The Hall–Kier alpha value is -2.53. The van der Waals surface area contributed by atoms with Gasteiger partial charge >= 0.3 is 0 Å². The van der Waals surface area contributed by atoms with Crippen LogP contribution in [0.5, 0.6) is 5.75 Å². The molecule has 0 N–H and O–H groups in total. The van der Waals surface area contributed by atoms with Crippen molar-refractivity contribution in [1.82, 2.24) is 4.90 Å². The van der Waals surface area contributed by atoms with Crippen LogP contribution in [0.4, 0.5) is 5.69 Å². The molecule has 1 fully saturated rings. The summed E-state index contributed by atoms with van der Waals surface area (Å²) in [6.07, 6.45) is 0. The summed E-state index contributed by atoms with van der Waals surface area (Å²) in [6, 6.07) is 15.7. The molecule has 1 saturated heterocycles. The lowest BCUT2D eigenvalue weighted by molar-refractivity contribution is 0.0746. The Bertz CT molecular complexity index is 707. The highest BCUT2D eigenvalue weighted by Crippen LogP contribution is 2.28. The molecule has 1 aliphatic rings. The Morgan fingerprint density at radius 2 is 1.64 bits per heavy atom. The summed E-state index contributed by atoms with van der Waals surface area (Å²) in [5.41, 5.74) is 2.88. The minimum absolute atomic E-state index is 0.0867. The highest BCUT2D eigenvalue weighted by atomic mass is 16.5. The van der Waals surface area contributed by atoms with Crippen LogP contribution in [0.15, 0.2) is 48.5 Å². The number of carbonyl (C=O) groups is 1. The monoisotopic (exact) mass is 340 g/mol. The summed E-state index contributed by atoms with van der Waals surface area (Å²) in [4.78, 5) is 16.9. The molecule has 5 heteroatoms. The number of anilines is 1. The van der Waals surface area contributed by atoms with E-state index in [0.717, 1.165) is 35.7 Å². The van der Waals surface area contributed by atoms with Gasteiger partial charge < -0.3 is 19.3 Å². The second kappa shape index (κ2) is 8.03. The zero-order valence-electron chi connectivity index (χ0n) is 14.8. The van der Waals surface area contributed by atoms with Gasteiger partial charge in [-0.2, -0.15) is 0 Å². The molecule has 2 aromatic carbocycles. The van der Waals surface area contributed by atoms with E-state index in [1.165, 1.54) is 0 Å². The molecule has 0 aliphatic carbocycles. The Kier molecular flexibility index (Phi) is 5.56. The molecule has 1 heterocycles. The second-order valence-corrected chi connectivity index (χ2v) is 6.08. The smallest absolute Gasteiger partial charge is 0.253 e. The number of rotatable bonds is 5. The van der Waals surface area contributed by atoms with Gasteiger partial charge in [0.2, 0.25) is 0 Å². The first-order chi connectivity index (χ1) is 12.2. The number of methoxy groups -OCH3 is 2. The zero-order chi connectivity index (χ0) is 17.6. The van der Waals surface area contributed by atoms with Crippen molar-refractivity contribution < 1.29 is 14.3 Å². The molecule has 25 heavy (non-hydrogen) atoms. The van der Waals surface area contributed by atoms with E-state index >= 15 is 0 Å². The van der Waals surface area contributed by atoms with E-state index in [2.05, 4.69) is 11.0 Å². The maximum absolute atomic E-state index is 12.7. The predicted molar refractivity (Wildman–Crippen MR) is 98.3 cm³/mol. The number of benzene rings is 2. The second-order valence-electron chi connectivity index (χ2n) is 6.08. The van der Waals surface area contributed by atoms with Crippen LogP contribution in [0.25, 0.3) is 0 Å². The molecular weight excluding hydrogens is 316 g/mol. The van der Waals surface area contributed by atoms with Gasteiger partial charge in [0, 0.05) is 38.9 Å². The van der Waals surface area contributed by atoms with Crippen LogP contribution in [0, 0.1) is 0 Å². The van der Waals surface area contributed by atoms with Gasteiger partial charge in [0.05, 0.1) is 19.4 Å². The maximum atomic E-state index is 12.7. The topological polar surface area (TPSA) is 42.0 Å². The molecule has 1 aliphatic heterocycles. The Morgan fingerprint density at radius 3 is 2.28 bits per heavy atom. The van der Waals surface area contributed by atoms with Crippen molar-refractivity contribution in [2.75, 3.05) is 45.3 Å². The van der Waals surface area contributed by atoms with E-state index in [4.69, 9.17) is 9.47 Å². The predicted octanol–water partition coefficient (Wildman–Crippen LogP) is 2.80. The van der Waals surface area contributed by atoms with Gasteiger partial charge in [-0.3, -0.25) is 4.79 Å². The minimum atomic E-state index is 0.0867. The molecular formula is C20H24N2O3. The van der Waals surface area contributed by atoms with E-state index in [0.29, 0.717) is 19.7 Å². The first-order valence-corrected chi connectivity index (χ1v) is 8.48. The molecule has 0 atom stereocenters. The Labute approximate surface area is 148 Å². The third-order valence-corrected chi connectivity index (χ3v) is 4.50. The van der Waals surface area contributed by atoms with E-state index in [9.17, 15) is 4.79 Å². The number of piperazine rings is 1. The largest absolute Gasteiger partial charge is 0.495 e. The number of nitrogens with zero attached hydrogens (tertiary/aromatic N) is 2. The molecule has 0 spiro atoms. The first kappa shape index (κ1) is 17.3. The molecule has 5 nitrogen and oxygen atoms in total. The molecule has 132 valence electrons. The lowest BCUT2D eigenvalue weighted by Crippen LogP contribution is -2.48. The van der Waals surface area contributed by atoms with Crippen LogP contribution in [0.3, 0.4) is 0 Å². The number of ether oxygens (including phenoxy) is 2. The summed E-state index contributed by atoms with van der Waals surface area (Å²) in [6.45, 7) is 3.57. The number of hydrogen-bond donors (Lipinski definition) is 0. The minimum Gasteiger partial charge on any atom is -0.495 e. The van der Waals surface area contributed by atoms with Crippen LogP contribution < -0.4 is 9.64 Å². The van der Waals surface area contributed by atoms with Gasteiger partial charge in [-0.15, -0.1) is 0 Å². The normalized spacial score (nSPS) is 14.5. The molecule has 2 aromatic rings. The third kappa shape index (κ3) is 3.94. The fraction of sp³-hybridized carbons (Fsp3) is 0.350. The van der Waals surface area contributed by atoms with Crippen LogP contribution in [0.1, 0.15) is 15.9 Å². The molecule has 0 aromatic heterocycles. The summed E-state index contributed by atoms with van der Waals surface area (Å²) in [5, 5.41) is 0. The molecule has 1 amide bonds. The van der Waals surface area contributed by atoms with Crippen LogP contribution in [-0.2, 0) is 11.3 Å². The highest BCUT2D eigenvalue weighted by Gasteiger charge is 2.23. The van der Waals surface area contributed by atoms with Crippen LogP contribution in [-0.4, -0.2) is 51.2 Å². The zero-order valence-corrected chi connectivity index (χ0v) is 14.8. The molecule has 0 saturated carbocycles. The van der Waals surface area contributed by atoms with Gasteiger partial charge in [-0.1, -0.05) is 24.3 Å². The molecule has 0 radical (unpaired) electrons. The average Bonchev–Trinajstić information content (AvgIpc) is 2.68. The standard InChI is InChI=1S/C20H24N2O3/c1-24-15-16-7-9-17(10-8-16)20(23)22-13-11-21(12-14-22)18-5-3-4-6-19(18)25-2/h3-10H,11-15H2,1-2H3. The van der Waals surface area contributed by atoms with E-state index in [1.54, 1.807) is 14.2 Å². The van der Waals surface area contributed by atoms with Crippen molar-refractivity contribution in [2.24, 2.45) is 0 Å². The number of para-hydroxylation sites is 2. The number of amides is 1. The highest BCUT2D eigenvalue weighted by molar-refractivity contribution is 5.94. The van der Waals surface area contributed by atoms with E-state index in [1.807, 2.05) is 47.4 Å². The van der Waals surface area contributed by atoms with Gasteiger partial charge in [-0.05, 0) is 29.8 Å². The van der Waals surface area contributed by atoms with Gasteiger partial charge in [0.25, 0.3) is 5.91 Å². The Balaban J connectivity index is 1.62. The van der Waals surface area contributed by atoms with Crippen molar-refractivity contribution in [3.63, 3.8) is 0 Å². The molecule has 0 bridgehead atoms. The molecule has 0 unspecified atom stereocenters. The number of hydrogen-bond acceptors (Lipinski definition) is 4. The van der Waals surface area contributed by atoms with Crippen molar-refractivity contribution in [2.45, 2.75) is 6.61 Å². The lowest BCUT2D eigenvalue weighted by atomic mass is 10.1. The summed E-state index contributed by atoms with van der Waals surface area (Å²) < 4.78 is 10.5. The van der Waals surface area contributed by atoms with E-state index in [-0.39, 0.29) is 5.91 Å². The summed E-state index contributed by atoms with van der Waals surface area (Å²) >= 11 is 0. The van der Waals surface area contributed by atoms with Crippen LogP contribution in [0.2, 0.25) is 0 Å². The van der Waals surface area contributed by atoms with Gasteiger partial charge in [-0.25, -0.2) is 0 Å². The van der Waals surface area contributed by atoms with Gasteiger partial charge in [0.1, 0.15) is 5.75 Å². The quantitative estimate of drug-likeness (QED) is 0.839. The summed E-state index contributed by atoms with van der Waals surface area (Å²) in [5.74, 6) is 0.958. The Morgan fingerprint density at radius 1 is 0.960 bits per heavy atom. The van der Waals surface area contributed by atoms with Crippen molar-refractivity contribution >= 4 is 11.6 Å². The van der Waals surface area contributed by atoms with Crippen LogP contribution >= 0.6 is 0 Å². The maximum Gasteiger partial charge on any atom is 0.253 e. The summed E-state index contributed by atoms with van der Waals surface area (Å²) in [7, 11) is 3.35. The SMILES string of the molecule is COCc1ccc(C(=O)N2CCN(c3ccccc3OC)CC2)cc1. The van der Waals surface area contributed by atoms with Crippen molar-refractivity contribution in [3.8, 4) is 5.75 Å². The fourth-order valence-electron chi connectivity index (χ4n) is 3.13. The fourth-order valence-corrected chi connectivity index (χ4v) is 3.13.